The van der Waals surface area contributed by atoms with E-state index in [0.29, 0.717) is 24.8 Å². The molecular weight excluding hydrogens is 202 g/mol. The van der Waals surface area contributed by atoms with Crippen molar-refractivity contribution < 1.29 is 9.84 Å². The van der Waals surface area contributed by atoms with Crippen LogP contribution in [0.25, 0.3) is 0 Å². The Morgan fingerprint density at radius 1 is 1.25 bits per heavy atom. The maximum Gasteiger partial charge on any atom is 0.0728 e. The summed E-state index contributed by atoms with van der Waals surface area (Å²) in [5.74, 6) is 0. The molecular formula is C13H27NO2. The van der Waals surface area contributed by atoms with E-state index in [1.54, 1.807) is 0 Å². The van der Waals surface area contributed by atoms with Crippen LogP contribution in [0.2, 0.25) is 0 Å². The Bertz CT molecular complexity index is 175. The fourth-order valence-corrected chi connectivity index (χ4v) is 2.38. The second-order valence-corrected chi connectivity index (χ2v) is 4.85. The zero-order valence-electron chi connectivity index (χ0n) is 10.7. The van der Waals surface area contributed by atoms with E-state index in [9.17, 15) is 0 Å². The minimum absolute atomic E-state index is 0.306. The zero-order chi connectivity index (χ0) is 11.8. The summed E-state index contributed by atoms with van der Waals surface area (Å²) in [5, 5.41) is 12.3. The molecule has 3 unspecified atom stereocenters. The maximum atomic E-state index is 8.67. The van der Waals surface area contributed by atoms with Crippen molar-refractivity contribution in [2.75, 3.05) is 13.2 Å². The van der Waals surface area contributed by atoms with E-state index < -0.39 is 0 Å². The van der Waals surface area contributed by atoms with Gasteiger partial charge in [0.2, 0.25) is 0 Å². The number of hydrogen-bond donors (Lipinski definition) is 2. The molecule has 0 bridgehead atoms. The van der Waals surface area contributed by atoms with E-state index in [1.807, 2.05) is 0 Å². The smallest absolute Gasteiger partial charge is 0.0728 e. The van der Waals surface area contributed by atoms with Crippen LogP contribution in [0.5, 0.6) is 0 Å². The highest BCUT2D eigenvalue weighted by molar-refractivity contribution is 4.84. The largest absolute Gasteiger partial charge is 0.396 e. The zero-order valence-corrected chi connectivity index (χ0v) is 10.7. The van der Waals surface area contributed by atoms with Gasteiger partial charge in [-0.15, -0.1) is 0 Å². The molecule has 0 aromatic heterocycles. The Hall–Kier alpha value is -0.120. The van der Waals surface area contributed by atoms with Crippen LogP contribution in [0.1, 0.15) is 52.4 Å². The summed E-state index contributed by atoms with van der Waals surface area (Å²) < 4.78 is 5.94. The van der Waals surface area contributed by atoms with Crippen molar-refractivity contribution in [1.82, 2.24) is 5.32 Å². The molecule has 0 aromatic carbocycles. The molecule has 0 spiro atoms. The SMILES string of the molecule is CCC1NC(C)CCC1OCCCCCO. The number of nitrogens with one attached hydrogen (secondary N) is 1. The molecule has 1 aliphatic rings. The summed E-state index contributed by atoms with van der Waals surface area (Å²) in [5.41, 5.74) is 0. The molecule has 16 heavy (non-hydrogen) atoms. The standard InChI is InChI=1S/C13H27NO2/c1-3-12-13(8-7-11(2)14-12)16-10-6-4-5-9-15/h11-15H,3-10H2,1-2H3. The van der Waals surface area contributed by atoms with Crippen molar-refractivity contribution in [3.05, 3.63) is 0 Å². The Labute approximate surface area is 99.6 Å². The van der Waals surface area contributed by atoms with Gasteiger partial charge >= 0.3 is 0 Å². The van der Waals surface area contributed by atoms with Crippen molar-refractivity contribution in [3.8, 4) is 0 Å². The van der Waals surface area contributed by atoms with Crippen LogP contribution in [0.4, 0.5) is 0 Å². The van der Waals surface area contributed by atoms with Crippen LogP contribution in [-0.2, 0) is 4.74 Å². The lowest BCUT2D eigenvalue weighted by Crippen LogP contribution is -2.49. The number of hydrogen-bond acceptors (Lipinski definition) is 3. The fourth-order valence-electron chi connectivity index (χ4n) is 2.38. The summed E-state index contributed by atoms with van der Waals surface area (Å²) in [6.45, 7) is 5.62. The molecule has 0 amide bonds. The van der Waals surface area contributed by atoms with E-state index in [1.165, 1.54) is 12.8 Å². The first-order chi connectivity index (χ1) is 7.77. The lowest BCUT2D eigenvalue weighted by Gasteiger charge is -2.35. The van der Waals surface area contributed by atoms with Gasteiger partial charge in [0, 0.05) is 25.3 Å². The van der Waals surface area contributed by atoms with Crippen LogP contribution in [0.3, 0.4) is 0 Å². The summed E-state index contributed by atoms with van der Waals surface area (Å²) in [6, 6.07) is 1.17. The Morgan fingerprint density at radius 3 is 2.75 bits per heavy atom. The van der Waals surface area contributed by atoms with Gasteiger partial charge in [0.25, 0.3) is 0 Å². The molecule has 1 aliphatic heterocycles. The molecule has 3 nitrogen and oxygen atoms in total. The fraction of sp³-hybridized carbons (Fsp3) is 1.00. The summed E-state index contributed by atoms with van der Waals surface area (Å²) in [6.07, 6.45) is 7.00. The van der Waals surface area contributed by atoms with E-state index in [0.717, 1.165) is 32.3 Å². The van der Waals surface area contributed by atoms with Crippen molar-refractivity contribution in [2.24, 2.45) is 0 Å². The lowest BCUT2D eigenvalue weighted by atomic mass is 9.95. The van der Waals surface area contributed by atoms with Gasteiger partial charge in [-0.2, -0.15) is 0 Å². The quantitative estimate of drug-likeness (QED) is 0.657. The second kappa shape index (κ2) is 8.04. The Morgan fingerprint density at radius 2 is 2.06 bits per heavy atom. The van der Waals surface area contributed by atoms with E-state index in [4.69, 9.17) is 9.84 Å². The number of rotatable bonds is 7. The van der Waals surface area contributed by atoms with E-state index in [-0.39, 0.29) is 0 Å². The molecule has 1 saturated heterocycles. The number of unbranched alkanes of at least 4 members (excludes halogenated alkanes) is 2. The highest BCUT2D eigenvalue weighted by atomic mass is 16.5. The normalized spacial score (nSPS) is 30.6. The summed E-state index contributed by atoms with van der Waals surface area (Å²) in [7, 11) is 0. The monoisotopic (exact) mass is 229 g/mol. The minimum atomic E-state index is 0.306. The maximum absolute atomic E-state index is 8.67. The van der Waals surface area contributed by atoms with Gasteiger partial charge < -0.3 is 15.2 Å². The Balaban J connectivity index is 2.14. The molecule has 1 fully saturated rings. The highest BCUT2D eigenvalue weighted by Gasteiger charge is 2.26. The van der Waals surface area contributed by atoms with Crippen molar-refractivity contribution >= 4 is 0 Å². The van der Waals surface area contributed by atoms with Crippen LogP contribution in [-0.4, -0.2) is 36.5 Å². The van der Waals surface area contributed by atoms with Gasteiger partial charge in [-0.1, -0.05) is 6.92 Å². The number of ether oxygens (including phenoxy) is 1. The predicted octanol–water partition coefficient (Wildman–Crippen LogP) is 2.08. The molecule has 0 aliphatic carbocycles. The van der Waals surface area contributed by atoms with Crippen LogP contribution >= 0.6 is 0 Å². The van der Waals surface area contributed by atoms with Crippen molar-refractivity contribution in [1.29, 1.82) is 0 Å². The molecule has 0 radical (unpaired) electrons. The predicted molar refractivity (Wildman–Crippen MR) is 66.6 cm³/mol. The highest BCUT2D eigenvalue weighted by Crippen LogP contribution is 2.19. The molecule has 3 atom stereocenters. The summed E-state index contributed by atoms with van der Waals surface area (Å²) in [4.78, 5) is 0. The number of aliphatic hydroxyl groups is 1. The second-order valence-electron chi connectivity index (χ2n) is 4.85. The van der Waals surface area contributed by atoms with Gasteiger partial charge in [0.05, 0.1) is 6.10 Å². The van der Waals surface area contributed by atoms with Crippen molar-refractivity contribution in [3.63, 3.8) is 0 Å². The first-order valence-electron chi connectivity index (χ1n) is 6.76. The van der Waals surface area contributed by atoms with Gasteiger partial charge in [0.15, 0.2) is 0 Å². The third-order valence-electron chi connectivity index (χ3n) is 3.41. The molecule has 3 heteroatoms. The lowest BCUT2D eigenvalue weighted by molar-refractivity contribution is -0.00231. The molecule has 96 valence electrons. The molecule has 2 N–H and O–H groups in total. The van der Waals surface area contributed by atoms with Gasteiger partial charge in [-0.3, -0.25) is 0 Å². The number of piperidine rings is 1. The first-order valence-corrected chi connectivity index (χ1v) is 6.76. The molecule has 0 saturated carbocycles. The Kier molecular flexibility index (Phi) is 7.01. The third-order valence-corrected chi connectivity index (χ3v) is 3.41. The van der Waals surface area contributed by atoms with Gasteiger partial charge in [0.1, 0.15) is 0 Å². The average Bonchev–Trinajstić information content (AvgIpc) is 2.30. The van der Waals surface area contributed by atoms with Gasteiger partial charge in [-0.05, 0) is 45.4 Å². The first kappa shape index (κ1) is 13.9. The van der Waals surface area contributed by atoms with Crippen LogP contribution < -0.4 is 5.32 Å². The van der Waals surface area contributed by atoms with Crippen LogP contribution in [0, 0.1) is 0 Å². The van der Waals surface area contributed by atoms with E-state index in [2.05, 4.69) is 19.2 Å². The van der Waals surface area contributed by atoms with E-state index >= 15 is 0 Å². The van der Waals surface area contributed by atoms with Gasteiger partial charge in [-0.25, -0.2) is 0 Å². The summed E-state index contributed by atoms with van der Waals surface area (Å²) >= 11 is 0. The minimum Gasteiger partial charge on any atom is -0.396 e. The average molecular weight is 229 g/mol. The third kappa shape index (κ3) is 4.81. The molecule has 1 heterocycles. The molecule has 0 aromatic rings. The number of aliphatic hydroxyl groups excluding tert-OH is 1. The topological polar surface area (TPSA) is 41.5 Å². The van der Waals surface area contributed by atoms with Crippen LogP contribution in [0.15, 0.2) is 0 Å². The molecule has 1 rings (SSSR count). The van der Waals surface area contributed by atoms with Crippen molar-refractivity contribution in [2.45, 2.75) is 70.6 Å².